The van der Waals surface area contributed by atoms with Gasteiger partial charge >= 0.3 is 0 Å². The van der Waals surface area contributed by atoms with E-state index in [1.165, 1.54) is 12.1 Å². The zero-order valence-corrected chi connectivity index (χ0v) is 10.8. The molecule has 0 aliphatic heterocycles. The number of aromatic nitrogens is 1. The van der Waals surface area contributed by atoms with Gasteiger partial charge in [-0.05, 0) is 0 Å². The number of halogens is 1. The summed E-state index contributed by atoms with van der Waals surface area (Å²) in [7, 11) is -0.877. The Balaban J connectivity index is 2.65. The van der Waals surface area contributed by atoms with Gasteiger partial charge in [-0.1, -0.05) is 18.5 Å². The first-order valence-corrected chi connectivity index (χ1v) is 6.80. The molecule has 0 saturated carbocycles. The minimum atomic E-state index is -0.877. The van der Waals surface area contributed by atoms with Gasteiger partial charge in [0.1, 0.15) is 11.0 Å². The van der Waals surface area contributed by atoms with E-state index < -0.39 is 15.7 Å². The largest absolute Gasteiger partial charge is 0.369 e. The minimum Gasteiger partial charge on any atom is -0.369 e. The normalized spacial score (nSPS) is 12.1. The van der Waals surface area contributed by atoms with Crippen LogP contribution in [0.25, 0.3) is 0 Å². The second-order valence-electron chi connectivity index (χ2n) is 3.15. The molecule has 8 heteroatoms. The second kappa shape index (κ2) is 6.51. The fourth-order valence-electron chi connectivity index (χ4n) is 1.12. The van der Waals surface area contributed by atoms with Crippen molar-refractivity contribution < 1.29 is 9.13 Å². The fourth-order valence-corrected chi connectivity index (χ4v) is 1.94. The molecule has 94 valence electrons. The maximum atomic E-state index is 11.2. The molecule has 0 fully saturated rings. The van der Waals surface area contributed by atoms with E-state index in [9.17, 15) is 14.3 Å². The Hall–Kier alpha value is -1.21. The lowest BCUT2D eigenvalue weighted by Crippen LogP contribution is -2.12. The van der Waals surface area contributed by atoms with Crippen LogP contribution in [0.4, 0.5) is 11.5 Å². The maximum Gasteiger partial charge on any atom is 0.276 e. The number of rotatable bonds is 6. The number of nitrogens with one attached hydrogen (secondary N) is 1. The molecule has 6 nitrogen and oxygen atoms in total. The number of nitro groups is 1. The molecule has 1 aromatic heterocycles. The number of pyridine rings is 1. The molecule has 0 aromatic carbocycles. The molecule has 0 aliphatic rings. The van der Waals surface area contributed by atoms with Gasteiger partial charge in [-0.3, -0.25) is 14.3 Å². The Morgan fingerprint density at radius 2 is 2.29 bits per heavy atom. The molecule has 1 atom stereocenters. The molecule has 0 radical (unpaired) electrons. The van der Waals surface area contributed by atoms with Crippen LogP contribution in [0.15, 0.2) is 12.1 Å². The smallest absolute Gasteiger partial charge is 0.276 e. The lowest BCUT2D eigenvalue weighted by atomic mass is 10.4. The van der Waals surface area contributed by atoms with Gasteiger partial charge in [0, 0.05) is 28.9 Å². The molecule has 0 aliphatic carbocycles. The highest BCUT2D eigenvalue weighted by Gasteiger charge is 2.09. The van der Waals surface area contributed by atoms with Crippen molar-refractivity contribution in [3.8, 4) is 0 Å². The highest BCUT2D eigenvalue weighted by molar-refractivity contribution is 7.84. The number of nitrogens with zero attached hydrogens (tertiary/aromatic N) is 2. The SMILES string of the molecule is CCS(=O)CCNc1cc([N+](=O)[O-])cc(Cl)n1. The topological polar surface area (TPSA) is 85.1 Å². The van der Waals surface area contributed by atoms with Gasteiger partial charge in [0.05, 0.1) is 17.1 Å². The summed E-state index contributed by atoms with van der Waals surface area (Å²) in [5, 5.41) is 13.5. The summed E-state index contributed by atoms with van der Waals surface area (Å²) in [6, 6.07) is 2.47. The third-order valence-electron chi connectivity index (χ3n) is 1.95. The minimum absolute atomic E-state index is 0.0540. The number of anilines is 1. The third kappa shape index (κ3) is 4.66. The summed E-state index contributed by atoms with van der Waals surface area (Å²) in [5.41, 5.74) is -0.121. The molecule has 1 aromatic rings. The lowest BCUT2D eigenvalue weighted by molar-refractivity contribution is -0.384. The predicted molar refractivity (Wildman–Crippen MR) is 67.9 cm³/mol. The van der Waals surface area contributed by atoms with E-state index in [2.05, 4.69) is 10.3 Å². The Kier molecular flexibility index (Phi) is 5.30. The van der Waals surface area contributed by atoms with E-state index >= 15 is 0 Å². The third-order valence-corrected chi connectivity index (χ3v) is 3.44. The van der Waals surface area contributed by atoms with Crippen LogP contribution in [0.2, 0.25) is 5.15 Å². The van der Waals surface area contributed by atoms with Gasteiger partial charge in [0.2, 0.25) is 0 Å². The van der Waals surface area contributed by atoms with Crippen molar-refractivity contribution in [3.05, 3.63) is 27.4 Å². The Bertz CT molecular complexity index is 441. The molecule has 17 heavy (non-hydrogen) atoms. The number of hydrogen-bond donors (Lipinski definition) is 1. The summed E-state index contributed by atoms with van der Waals surface area (Å²) >= 11 is 5.65. The Labute approximate surface area is 106 Å². The lowest BCUT2D eigenvalue weighted by Gasteiger charge is -2.05. The highest BCUT2D eigenvalue weighted by atomic mass is 35.5. The van der Waals surface area contributed by atoms with Crippen LogP contribution < -0.4 is 5.32 Å². The zero-order valence-electron chi connectivity index (χ0n) is 9.18. The first-order valence-electron chi connectivity index (χ1n) is 4.93. The molecule has 0 bridgehead atoms. The van der Waals surface area contributed by atoms with Crippen LogP contribution in [0.5, 0.6) is 0 Å². The van der Waals surface area contributed by atoms with E-state index in [4.69, 9.17) is 11.6 Å². The van der Waals surface area contributed by atoms with E-state index in [1.54, 1.807) is 0 Å². The van der Waals surface area contributed by atoms with E-state index in [1.807, 2.05) is 6.92 Å². The Morgan fingerprint density at radius 1 is 1.59 bits per heavy atom. The molecule has 0 saturated heterocycles. The molecule has 1 heterocycles. The van der Waals surface area contributed by atoms with Gasteiger partial charge in [-0.25, -0.2) is 4.98 Å². The zero-order chi connectivity index (χ0) is 12.8. The molecule has 0 spiro atoms. The molecule has 1 rings (SSSR count). The van der Waals surface area contributed by atoms with Crippen molar-refractivity contribution in [2.24, 2.45) is 0 Å². The van der Waals surface area contributed by atoms with Crippen molar-refractivity contribution >= 4 is 33.9 Å². The van der Waals surface area contributed by atoms with Crippen molar-refractivity contribution in [3.63, 3.8) is 0 Å². The molecule has 1 N–H and O–H groups in total. The van der Waals surface area contributed by atoms with Crippen molar-refractivity contribution in [2.75, 3.05) is 23.4 Å². The van der Waals surface area contributed by atoms with E-state index in [0.717, 1.165) is 0 Å². The average molecular weight is 278 g/mol. The monoisotopic (exact) mass is 277 g/mol. The van der Waals surface area contributed by atoms with E-state index in [-0.39, 0.29) is 10.8 Å². The van der Waals surface area contributed by atoms with Crippen LogP contribution in [0.3, 0.4) is 0 Å². The molecular weight excluding hydrogens is 266 g/mol. The van der Waals surface area contributed by atoms with Gasteiger partial charge in [-0.15, -0.1) is 0 Å². The van der Waals surface area contributed by atoms with Crippen LogP contribution in [-0.4, -0.2) is 32.2 Å². The van der Waals surface area contributed by atoms with Gasteiger partial charge in [-0.2, -0.15) is 0 Å². The standard InChI is InChI=1S/C9H12ClN3O3S/c1-2-17(16)4-3-11-9-6-7(13(14)15)5-8(10)12-9/h5-6H,2-4H2,1H3,(H,11,12). The van der Waals surface area contributed by atoms with Gasteiger partial charge in [0.25, 0.3) is 5.69 Å². The van der Waals surface area contributed by atoms with Crippen molar-refractivity contribution in [1.29, 1.82) is 0 Å². The van der Waals surface area contributed by atoms with Gasteiger partial charge in [0.15, 0.2) is 0 Å². The summed E-state index contributed by atoms with van der Waals surface area (Å²) < 4.78 is 11.2. The summed E-state index contributed by atoms with van der Waals surface area (Å²) in [6.45, 7) is 2.27. The first-order chi connectivity index (χ1) is 8.02. The quantitative estimate of drug-likeness (QED) is 0.487. The van der Waals surface area contributed by atoms with E-state index in [0.29, 0.717) is 23.9 Å². The van der Waals surface area contributed by atoms with Gasteiger partial charge < -0.3 is 5.32 Å². The van der Waals surface area contributed by atoms with Crippen LogP contribution in [0.1, 0.15) is 6.92 Å². The van der Waals surface area contributed by atoms with Crippen LogP contribution in [0, 0.1) is 10.1 Å². The second-order valence-corrected chi connectivity index (χ2v) is 5.40. The maximum absolute atomic E-state index is 11.2. The number of hydrogen-bond acceptors (Lipinski definition) is 5. The molecular formula is C9H12ClN3O3S. The van der Waals surface area contributed by atoms with Crippen molar-refractivity contribution in [2.45, 2.75) is 6.92 Å². The summed E-state index contributed by atoms with van der Waals surface area (Å²) in [4.78, 5) is 13.9. The van der Waals surface area contributed by atoms with Crippen LogP contribution >= 0.6 is 11.6 Å². The summed E-state index contributed by atoms with van der Waals surface area (Å²) in [6.07, 6.45) is 0. The highest BCUT2D eigenvalue weighted by Crippen LogP contribution is 2.20. The first kappa shape index (κ1) is 13.9. The van der Waals surface area contributed by atoms with Crippen LogP contribution in [-0.2, 0) is 10.8 Å². The van der Waals surface area contributed by atoms with Crippen molar-refractivity contribution in [1.82, 2.24) is 4.98 Å². The fraction of sp³-hybridized carbons (Fsp3) is 0.444. The predicted octanol–water partition coefficient (Wildman–Crippen LogP) is 1.82. The average Bonchev–Trinajstić information content (AvgIpc) is 2.28. The molecule has 0 amide bonds. The summed E-state index contributed by atoms with van der Waals surface area (Å²) in [5.74, 6) is 1.38. The molecule has 1 unspecified atom stereocenters. The Morgan fingerprint density at radius 3 is 2.88 bits per heavy atom.